The highest BCUT2D eigenvalue weighted by Gasteiger charge is 2.48. The third-order valence-electron chi connectivity index (χ3n) is 4.68. The molecule has 2 aromatic carbocycles. The third kappa shape index (κ3) is 4.49. The third-order valence-corrected chi connectivity index (χ3v) is 4.68. The van der Waals surface area contributed by atoms with E-state index in [4.69, 9.17) is 9.47 Å². The molecule has 0 spiro atoms. The second-order valence-electron chi connectivity index (χ2n) is 6.54. The number of hydrogen-bond donors (Lipinski definition) is 2. The van der Waals surface area contributed by atoms with Crippen LogP contribution in [0.4, 0.5) is 5.69 Å². The maximum absolute atomic E-state index is 12.4. The van der Waals surface area contributed by atoms with Crippen molar-refractivity contribution in [1.29, 1.82) is 0 Å². The fourth-order valence-electron chi connectivity index (χ4n) is 2.94. The highest BCUT2D eigenvalue weighted by atomic mass is 16.5. The summed E-state index contributed by atoms with van der Waals surface area (Å²) in [6, 6.07) is 14.0. The standard InChI is InChI=1S/C21H22N2O5/c1-27-14-9-7-13(8-10-14)12-22-19(24)16-11-17(16)20(25)23-18-6-4-3-5-15(18)21(26)28-2/h3-10,16-17H,11-12H2,1-2H3,(H,22,24)(H,23,25). The van der Waals surface area contributed by atoms with Crippen LogP contribution in [0.25, 0.3) is 0 Å². The van der Waals surface area contributed by atoms with Crippen LogP contribution in [-0.4, -0.2) is 32.0 Å². The number of benzene rings is 2. The number of amides is 2. The van der Waals surface area contributed by atoms with E-state index in [1.807, 2.05) is 24.3 Å². The highest BCUT2D eigenvalue weighted by molar-refractivity contribution is 6.04. The smallest absolute Gasteiger partial charge is 0.339 e. The molecule has 7 heteroatoms. The van der Waals surface area contributed by atoms with Crippen molar-refractivity contribution >= 4 is 23.5 Å². The van der Waals surface area contributed by atoms with Gasteiger partial charge in [-0.2, -0.15) is 0 Å². The molecule has 2 N–H and O–H groups in total. The number of rotatable bonds is 7. The molecule has 0 bridgehead atoms. The number of hydrogen-bond acceptors (Lipinski definition) is 5. The van der Waals surface area contributed by atoms with E-state index in [9.17, 15) is 14.4 Å². The predicted octanol–water partition coefficient (Wildman–Crippen LogP) is 2.37. The summed E-state index contributed by atoms with van der Waals surface area (Å²) in [6.45, 7) is 0.388. The van der Waals surface area contributed by atoms with E-state index in [1.54, 1.807) is 31.4 Å². The summed E-state index contributed by atoms with van der Waals surface area (Å²) in [5.74, 6) is -0.968. The van der Waals surface area contributed by atoms with Crippen LogP contribution in [0.2, 0.25) is 0 Å². The minimum Gasteiger partial charge on any atom is -0.497 e. The number of para-hydroxylation sites is 1. The Morgan fingerprint density at radius 2 is 1.64 bits per heavy atom. The van der Waals surface area contributed by atoms with Gasteiger partial charge in [0.05, 0.1) is 37.3 Å². The first kappa shape index (κ1) is 19.4. The molecule has 1 fully saturated rings. The summed E-state index contributed by atoms with van der Waals surface area (Å²) in [5.41, 5.74) is 1.60. The van der Waals surface area contributed by atoms with Crippen LogP contribution in [0, 0.1) is 11.8 Å². The van der Waals surface area contributed by atoms with Crippen molar-refractivity contribution in [2.45, 2.75) is 13.0 Å². The summed E-state index contributed by atoms with van der Waals surface area (Å²) in [5, 5.41) is 5.58. The molecular weight excluding hydrogens is 360 g/mol. The number of ether oxygens (including phenoxy) is 2. The van der Waals surface area contributed by atoms with E-state index in [2.05, 4.69) is 10.6 Å². The predicted molar refractivity (Wildman–Crippen MR) is 103 cm³/mol. The van der Waals surface area contributed by atoms with Crippen molar-refractivity contribution in [3.63, 3.8) is 0 Å². The van der Waals surface area contributed by atoms with Gasteiger partial charge in [0.2, 0.25) is 11.8 Å². The number of carbonyl (C=O) groups is 3. The summed E-state index contributed by atoms with van der Waals surface area (Å²) in [7, 11) is 2.88. The Kier molecular flexibility index (Phi) is 5.93. The maximum Gasteiger partial charge on any atom is 0.339 e. The molecule has 146 valence electrons. The van der Waals surface area contributed by atoms with Crippen molar-refractivity contribution in [1.82, 2.24) is 5.32 Å². The number of anilines is 1. The van der Waals surface area contributed by atoms with Crippen LogP contribution in [0.1, 0.15) is 22.3 Å². The normalized spacial score (nSPS) is 17.4. The molecule has 0 heterocycles. The van der Waals surface area contributed by atoms with Crippen LogP contribution in [0.5, 0.6) is 5.75 Å². The fourth-order valence-corrected chi connectivity index (χ4v) is 2.94. The Labute approximate surface area is 163 Å². The van der Waals surface area contributed by atoms with Gasteiger partial charge in [0.25, 0.3) is 0 Å². The van der Waals surface area contributed by atoms with E-state index >= 15 is 0 Å². The van der Waals surface area contributed by atoms with Crippen molar-refractivity contribution < 1.29 is 23.9 Å². The molecule has 1 saturated carbocycles. The summed E-state index contributed by atoms with van der Waals surface area (Å²) in [4.78, 5) is 36.5. The number of esters is 1. The van der Waals surface area contributed by atoms with Crippen LogP contribution < -0.4 is 15.4 Å². The average molecular weight is 382 g/mol. The fraction of sp³-hybridized carbons (Fsp3) is 0.286. The first-order valence-electron chi connectivity index (χ1n) is 8.92. The van der Waals surface area contributed by atoms with Crippen LogP contribution >= 0.6 is 0 Å². The van der Waals surface area contributed by atoms with Gasteiger partial charge in [-0.15, -0.1) is 0 Å². The minimum atomic E-state index is -0.527. The molecule has 0 saturated heterocycles. The second-order valence-corrected chi connectivity index (χ2v) is 6.54. The van der Waals surface area contributed by atoms with Gasteiger partial charge in [-0.25, -0.2) is 4.79 Å². The van der Waals surface area contributed by atoms with Gasteiger partial charge >= 0.3 is 5.97 Å². The first-order valence-corrected chi connectivity index (χ1v) is 8.92. The van der Waals surface area contributed by atoms with Gasteiger partial charge in [-0.3, -0.25) is 9.59 Å². The van der Waals surface area contributed by atoms with Gasteiger partial charge in [0.15, 0.2) is 0 Å². The molecule has 0 aliphatic heterocycles. The number of nitrogens with one attached hydrogen (secondary N) is 2. The molecular formula is C21H22N2O5. The topological polar surface area (TPSA) is 93.7 Å². The average Bonchev–Trinajstić information content (AvgIpc) is 3.53. The van der Waals surface area contributed by atoms with Crippen molar-refractivity contribution in [2.75, 3.05) is 19.5 Å². The SMILES string of the molecule is COC(=O)c1ccccc1NC(=O)C1CC1C(=O)NCc1ccc(OC)cc1. The Hall–Kier alpha value is -3.35. The molecule has 1 aliphatic carbocycles. The molecule has 0 aromatic heterocycles. The summed E-state index contributed by atoms with van der Waals surface area (Å²) in [6.07, 6.45) is 0.487. The van der Waals surface area contributed by atoms with Crippen molar-refractivity contribution in [2.24, 2.45) is 11.8 Å². The van der Waals surface area contributed by atoms with Gasteiger partial charge in [0.1, 0.15) is 5.75 Å². The Bertz CT molecular complexity index is 879. The first-order chi connectivity index (χ1) is 13.5. The molecule has 28 heavy (non-hydrogen) atoms. The molecule has 0 radical (unpaired) electrons. The van der Waals surface area contributed by atoms with E-state index < -0.39 is 11.9 Å². The molecule has 1 aliphatic rings. The zero-order valence-electron chi connectivity index (χ0n) is 15.7. The Morgan fingerprint density at radius 1 is 0.964 bits per heavy atom. The maximum atomic E-state index is 12.4. The second kappa shape index (κ2) is 8.56. The van der Waals surface area contributed by atoms with E-state index in [0.717, 1.165) is 11.3 Å². The van der Waals surface area contributed by atoms with Gasteiger partial charge < -0.3 is 20.1 Å². The van der Waals surface area contributed by atoms with E-state index in [0.29, 0.717) is 18.7 Å². The van der Waals surface area contributed by atoms with Gasteiger partial charge in [-0.1, -0.05) is 24.3 Å². The summed E-state index contributed by atoms with van der Waals surface area (Å²) < 4.78 is 9.82. The van der Waals surface area contributed by atoms with E-state index in [1.165, 1.54) is 7.11 Å². The zero-order chi connectivity index (χ0) is 20.1. The Morgan fingerprint density at radius 3 is 2.32 bits per heavy atom. The molecule has 2 atom stereocenters. The van der Waals surface area contributed by atoms with Crippen molar-refractivity contribution in [3.05, 3.63) is 59.7 Å². The molecule has 2 aromatic rings. The quantitative estimate of drug-likeness (QED) is 0.717. The largest absolute Gasteiger partial charge is 0.497 e. The van der Waals surface area contributed by atoms with Gasteiger partial charge in [0, 0.05) is 6.54 Å². The summed E-state index contributed by atoms with van der Waals surface area (Å²) >= 11 is 0. The molecule has 3 rings (SSSR count). The van der Waals surface area contributed by atoms with Crippen LogP contribution in [0.3, 0.4) is 0 Å². The Balaban J connectivity index is 1.52. The molecule has 2 amide bonds. The van der Waals surface area contributed by atoms with Crippen LogP contribution in [0.15, 0.2) is 48.5 Å². The lowest BCUT2D eigenvalue weighted by Gasteiger charge is -2.10. The van der Waals surface area contributed by atoms with E-state index in [-0.39, 0.29) is 23.3 Å². The minimum absolute atomic E-state index is 0.155. The zero-order valence-corrected chi connectivity index (χ0v) is 15.7. The highest BCUT2D eigenvalue weighted by Crippen LogP contribution is 2.39. The number of methoxy groups -OCH3 is 2. The molecule has 7 nitrogen and oxygen atoms in total. The number of carbonyl (C=O) groups excluding carboxylic acids is 3. The lowest BCUT2D eigenvalue weighted by molar-refractivity contribution is -0.125. The monoisotopic (exact) mass is 382 g/mol. The lowest BCUT2D eigenvalue weighted by Crippen LogP contribution is -2.27. The van der Waals surface area contributed by atoms with Crippen LogP contribution in [-0.2, 0) is 20.9 Å². The lowest BCUT2D eigenvalue weighted by atomic mass is 10.1. The molecule has 2 unspecified atom stereocenters. The van der Waals surface area contributed by atoms with Gasteiger partial charge in [-0.05, 0) is 36.2 Å². The van der Waals surface area contributed by atoms with Crippen molar-refractivity contribution in [3.8, 4) is 5.75 Å².